The minimum Gasteiger partial charge on any atom is -0.377 e. The van der Waals surface area contributed by atoms with Crippen molar-refractivity contribution < 1.29 is 14.8 Å². The van der Waals surface area contributed by atoms with E-state index >= 15 is 0 Å². The van der Waals surface area contributed by atoms with Crippen molar-refractivity contribution in [2.75, 3.05) is 0 Å². The molecule has 1 N–H and O–H groups in total. The van der Waals surface area contributed by atoms with Crippen molar-refractivity contribution in [1.82, 2.24) is 0 Å². The van der Waals surface area contributed by atoms with Crippen LogP contribution in [0.15, 0.2) is 60.7 Å². The number of non-ortho nitro benzene ring substituents is 1. The largest absolute Gasteiger partial charge is 0.377 e. The average molecular weight is 319 g/mol. The molecule has 5 nitrogen and oxygen atoms in total. The number of carbonyl (C=O) groups excluding carboxylic acids is 1. The van der Waals surface area contributed by atoms with E-state index < -0.39 is 10.5 Å². The maximum atomic E-state index is 12.8. The molecule has 1 aliphatic carbocycles. The smallest absolute Gasteiger partial charge is 0.269 e. The fraction of sp³-hybridized carbons (Fsp3) is 0.105. The second-order valence-electron chi connectivity index (χ2n) is 6.00. The zero-order chi connectivity index (χ0) is 16.9. The van der Waals surface area contributed by atoms with E-state index in [0.29, 0.717) is 16.7 Å². The van der Waals surface area contributed by atoms with E-state index in [2.05, 4.69) is 0 Å². The molecule has 0 amide bonds. The van der Waals surface area contributed by atoms with Crippen molar-refractivity contribution in [3.8, 4) is 0 Å². The van der Waals surface area contributed by atoms with Crippen molar-refractivity contribution in [3.05, 3.63) is 87.5 Å². The highest BCUT2D eigenvalue weighted by Gasteiger charge is 2.45. The molecule has 24 heavy (non-hydrogen) atoms. The van der Waals surface area contributed by atoms with Gasteiger partial charge in [-0.3, -0.25) is 14.9 Å². The van der Waals surface area contributed by atoms with Gasteiger partial charge in [0.05, 0.1) is 4.92 Å². The summed E-state index contributed by atoms with van der Waals surface area (Å²) in [4.78, 5) is 23.1. The van der Waals surface area contributed by atoms with Gasteiger partial charge in [-0.05, 0) is 16.3 Å². The van der Waals surface area contributed by atoms with Gasteiger partial charge in [0.15, 0.2) is 11.4 Å². The number of nitro benzene ring substituents is 1. The second kappa shape index (κ2) is 4.97. The molecule has 118 valence electrons. The Hall–Kier alpha value is -3.05. The van der Waals surface area contributed by atoms with E-state index in [1.807, 2.05) is 18.2 Å². The maximum absolute atomic E-state index is 12.8. The molecule has 0 bridgehead atoms. The van der Waals surface area contributed by atoms with Crippen LogP contribution in [0.2, 0.25) is 0 Å². The van der Waals surface area contributed by atoms with Crippen LogP contribution in [0.3, 0.4) is 0 Å². The molecular weight excluding hydrogens is 306 g/mol. The van der Waals surface area contributed by atoms with Gasteiger partial charge < -0.3 is 5.11 Å². The van der Waals surface area contributed by atoms with Gasteiger partial charge in [0.25, 0.3) is 5.69 Å². The number of ketones is 1. The molecule has 0 spiro atoms. The number of nitrogens with zero attached hydrogens (tertiary/aromatic N) is 1. The zero-order valence-electron chi connectivity index (χ0n) is 12.6. The van der Waals surface area contributed by atoms with Crippen molar-refractivity contribution in [2.45, 2.75) is 12.0 Å². The number of aliphatic hydroxyl groups is 1. The zero-order valence-corrected chi connectivity index (χ0v) is 12.6. The highest BCUT2D eigenvalue weighted by atomic mass is 16.6. The van der Waals surface area contributed by atoms with E-state index in [4.69, 9.17) is 0 Å². The molecule has 1 atom stereocenters. The third kappa shape index (κ3) is 1.95. The molecule has 0 fully saturated rings. The first-order chi connectivity index (χ1) is 11.5. The van der Waals surface area contributed by atoms with Gasteiger partial charge in [0.2, 0.25) is 0 Å². The topological polar surface area (TPSA) is 80.4 Å². The van der Waals surface area contributed by atoms with E-state index in [1.54, 1.807) is 30.3 Å². The van der Waals surface area contributed by atoms with Crippen LogP contribution >= 0.6 is 0 Å². The van der Waals surface area contributed by atoms with Crippen LogP contribution in [0.25, 0.3) is 10.8 Å². The summed E-state index contributed by atoms with van der Waals surface area (Å²) in [6.07, 6.45) is 0.0810. The molecule has 4 rings (SSSR count). The Balaban J connectivity index is 1.80. The maximum Gasteiger partial charge on any atom is 0.269 e. The summed E-state index contributed by atoms with van der Waals surface area (Å²) in [6, 6.07) is 16.8. The summed E-state index contributed by atoms with van der Waals surface area (Å²) in [5.41, 5.74) is 0.126. The van der Waals surface area contributed by atoms with E-state index in [1.165, 1.54) is 12.1 Å². The van der Waals surface area contributed by atoms with Gasteiger partial charge in [-0.25, -0.2) is 0 Å². The fourth-order valence-electron chi connectivity index (χ4n) is 3.43. The Morgan fingerprint density at radius 3 is 2.33 bits per heavy atom. The third-order valence-corrected chi connectivity index (χ3v) is 4.58. The quantitative estimate of drug-likeness (QED) is 0.593. The Labute approximate surface area is 137 Å². The first-order valence-electron chi connectivity index (χ1n) is 7.53. The summed E-state index contributed by atoms with van der Waals surface area (Å²) in [6.45, 7) is 0. The molecule has 0 radical (unpaired) electrons. The molecule has 3 aromatic rings. The molecule has 5 heteroatoms. The third-order valence-electron chi connectivity index (χ3n) is 4.58. The molecule has 1 unspecified atom stereocenters. The van der Waals surface area contributed by atoms with Gasteiger partial charge in [-0.15, -0.1) is 0 Å². The Morgan fingerprint density at radius 2 is 1.67 bits per heavy atom. The van der Waals surface area contributed by atoms with Gasteiger partial charge in [0.1, 0.15) is 0 Å². The summed E-state index contributed by atoms with van der Waals surface area (Å²) < 4.78 is 0. The normalized spacial score (nSPS) is 19.0. The van der Waals surface area contributed by atoms with Crippen LogP contribution in [0.1, 0.15) is 21.5 Å². The lowest BCUT2D eigenvalue weighted by Crippen LogP contribution is -2.34. The predicted molar refractivity (Wildman–Crippen MR) is 89.0 cm³/mol. The number of nitro groups is 1. The summed E-state index contributed by atoms with van der Waals surface area (Å²) in [5.74, 6) is -0.326. The van der Waals surface area contributed by atoms with Crippen LogP contribution < -0.4 is 0 Å². The Kier molecular flexibility index (Phi) is 3.01. The highest BCUT2D eigenvalue weighted by Crippen LogP contribution is 2.42. The highest BCUT2D eigenvalue weighted by molar-refractivity contribution is 6.19. The average Bonchev–Trinajstić information content (AvgIpc) is 2.80. The van der Waals surface area contributed by atoms with Gasteiger partial charge in [-0.1, -0.05) is 48.5 Å². The standard InChI is InChI=1S/C19H13NO4/c21-18-15-5-1-3-13-4-2-6-16(17(13)15)19(18,22)11-12-7-9-14(10-8-12)20(23)24/h1-10,22H,11H2. The summed E-state index contributed by atoms with van der Waals surface area (Å²) in [7, 11) is 0. The van der Waals surface area contributed by atoms with Crippen molar-refractivity contribution >= 4 is 22.2 Å². The molecule has 0 saturated heterocycles. The lowest BCUT2D eigenvalue weighted by molar-refractivity contribution is -0.384. The number of hydrogen-bond acceptors (Lipinski definition) is 4. The first kappa shape index (κ1) is 14.5. The Morgan fingerprint density at radius 1 is 1.00 bits per heavy atom. The number of rotatable bonds is 3. The monoisotopic (exact) mass is 319 g/mol. The van der Waals surface area contributed by atoms with Crippen molar-refractivity contribution in [1.29, 1.82) is 0 Å². The number of hydrogen-bond donors (Lipinski definition) is 1. The minimum absolute atomic E-state index is 0.0196. The van der Waals surface area contributed by atoms with Crippen molar-refractivity contribution in [3.63, 3.8) is 0 Å². The summed E-state index contributed by atoms with van der Waals surface area (Å²) >= 11 is 0. The predicted octanol–water partition coefficient (Wildman–Crippen LogP) is 3.37. The summed E-state index contributed by atoms with van der Waals surface area (Å²) in [5, 5.41) is 23.6. The van der Waals surface area contributed by atoms with Crippen LogP contribution in [-0.2, 0) is 12.0 Å². The van der Waals surface area contributed by atoms with E-state index in [0.717, 1.165) is 10.8 Å². The van der Waals surface area contributed by atoms with Gasteiger partial charge in [0, 0.05) is 29.7 Å². The van der Waals surface area contributed by atoms with Crippen LogP contribution in [-0.4, -0.2) is 15.8 Å². The van der Waals surface area contributed by atoms with Crippen LogP contribution in [0.5, 0.6) is 0 Å². The van der Waals surface area contributed by atoms with Gasteiger partial charge >= 0.3 is 0 Å². The molecule has 0 aromatic heterocycles. The first-order valence-corrected chi connectivity index (χ1v) is 7.53. The molecular formula is C19H13NO4. The lowest BCUT2D eigenvalue weighted by Gasteiger charge is -2.22. The van der Waals surface area contributed by atoms with Crippen molar-refractivity contribution in [2.24, 2.45) is 0 Å². The van der Waals surface area contributed by atoms with Crippen LogP contribution in [0.4, 0.5) is 5.69 Å². The van der Waals surface area contributed by atoms with Gasteiger partial charge in [-0.2, -0.15) is 0 Å². The minimum atomic E-state index is -1.64. The lowest BCUT2D eigenvalue weighted by atomic mass is 9.87. The molecule has 0 saturated carbocycles. The molecule has 1 aliphatic rings. The fourth-order valence-corrected chi connectivity index (χ4v) is 3.43. The molecule has 0 aliphatic heterocycles. The van der Waals surface area contributed by atoms with E-state index in [9.17, 15) is 20.0 Å². The number of carbonyl (C=O) groups is 1. The van der Waals surface area contributed by atoms with Crippen LogP contribution in [0, 0.1) is 10.1 Å². The number of benzene rings is 3. The van der Waals surface area contributed by atoms with E-state index in [-0.39, 0.29) is 17.9 Å². The SMILES string of the molecule is O=C1c2cccc3cccc(c23)C1(O)Cc1ccc([N+](=O)[O-])cc1. The second-order valence-corrected chi connectivity index (χ2v) is 6.00. The Bertz CT molecular complexity index is 989. The number of Topliss-reactive ketones (excluding diaryl/α,β-unsaturated/α-hetero) is 1. The molecule has 0 heterocycles. The molecule has 3 aromatic carbocycles.